The Morgan fingerprint density at radius 1 is 1.20 bits per heavy atom. The quantitative estimate of drug-likeness (QED) is 0.623. The van der Waals surface area contributed by atoms with Crippen molar-refractivity contribution >= 4 is 17.7 Å². The molecule has 0 fully saturated rings. The zero-order chi connectivity index (χ0) is 24.8. The molecule has 2 aromatic rings. The molecule has 182 valence electrons. The van der Waals surface area contributed by atoms with Crippen LogP contribution in [0.5, 0.6) is 0 Å². The summed E-state index contributed by atoms with van der Waals surface area (Å²) in [6.07, 6.45) is 7.01. The van der Waals surface area contributed by atoms with E-state index in [1.807, 2.05) is 0 Å². The molecule has 8 nitrogen and oxygen atoms in total. The van der Waals surface area contributed by atoms with Gasteiger partial charge in [-0.15, -0.1) is 5.11 Å². The summed E-state index contributed by atoms with van der Waals surface area (Å²) in [4.78, 5) is 42.8. The van der Waals surface area contributed by atoms with Gasteiger partial charge in [-0.1, -0.05) is 6.07 Å². The van der Waals surface area contributed by atoms with Crippen LogP contribution in [0.2, 0.25) is 0 Å². The van der Waals surface area contributed by atoms with Crippen LogP contribution in [0.1, 0.15) is 58.9 Å². The summed E-state index contributed by atoms with van der Waals surface area (Å²) in [6, 6.07) is 7.56. The maximum Gasteiger partial charge on any atom is 0.291 e. The Kier molecular flexibility index (Phi) is 7.74. The van der Waals surface area contributed by atoms with Crippen molar-refractivity contribution in [3.8, 4) is 0 Å². The van der Waals surface area contributed by atoms with Crippen molar-refractivity contribution in [2.75, 3.05) is 19.6 Å². The SMILES string of the molecule is CCN(CCNC(=O)c1cccnc1)C(=O)c1cc(CC2N=NC(=O)C3=C2CCCC3)ccc1F. The predicted octanol–water partition coefficient (Wildman–Crippen LogP) is 3.89. The summed E-state index contributed by atoms with van der Waals surface area (Å²) in [5.74, 6) is -1.58. The van der Waals surface area contributed by atoms with E-state index in [1.54, 1.807) is 37.4 Å². The van der Waals surface area contributed by atoms with Crippen LogP contribution in [-0.4, -0.2) is 53.3 Å². The molecule has 3 amide bonds. The smallest absolute Gasteiger partial charge is 0.291 e. The van der Waals surface area contributed by atoms with Crippen molar-refractivity contribution < 1.29 is 18.8 Å². The minimum Gasteiger partial charge on any atom is -0.350 e. The van der Waals surface area contributed by atoms with Crippen molar-refractivity contribution in [3.63, 3.8) is 0 Å². The normalized spacial score (nSPS) is 17.2. The van der Waals surface area contributed by atoms with Gasteiger partial charge < -0.3 is 10.2 Å². The highest BCUT2D eigenvalue weighted by Crippen LogP contribution is 2.33. The molecular weight excluding hydrogens is 449 g/mol. The number of halogens is 1. The van der Waals surface area contributed by atoms with E-state index in [-0.39, 0.29) is 36.5 Å². The van der Waals surface area contributed by atoms with Crippen LogP contribution >= 0.6 is 0 Å². The number of aromatic nitrogens is 1. The van der Waals surface area contributed by atoms with Gasteiger partial charge in [0.1, 0.15) is 5.82 Å². The number of nitrogens with one attached hydrogen (secondary N) is 1. The second-order valence-electron chi connectivity index (χ2n) is 8.65. The molecule has 1 unspecified atom stereocenters. The van der Waals surface area contributed by atoms with E-state index >= 15 is 0 Å². The van der Waals surface area contributed by atoms with Gasteiger partial charge >= 0.3 is 0 Å². The van der Waals surface area contributed by atoms with Gasteiger partial charge in [0.25, 0.3) is 17.7 Å². The average Bonchev–Trinajstić information content (AvgIpc) is 2.89. The van der Waals surface area contributed by atoms with E-state index in [0.29, 0.717) is 18.5 Å². The average molecular weight is 478 g/mol. The molecule has 9 heteroatoms. The molecule has 2 aliphatic rings. The van der Waals surface area contributed by atoms with Crippen LogP contribution < -0.4 is 5.32 Å². The van der Waals surface area contributed by atoms with E-state index in [2.05, 4.69) is 20.5 Å². The molecule has 0 spiro atoms. The van der Waals surface area contributed by atoms with Crippen LogP contribution in [0.15, 0.2) is 64.1 Å². The summed E-state index contributed by atoms with van der Waals surface area (Å²) in [5, 5.41) is 10.8. The first kappa shape index (κ1) is 24.4. The third-order valence-electron chi connectivity index (χ3n) is 6.41. The monoisotopic (exact) mass is 477 g/mol. The number of hydrogen-bond acceptors (Lipinski definition) is 5. The maximum atomic E-state index is 14.7. The van der Waals surface area contributed by atoms with Crippen molar-refractivity contribution in [2.24, 2.45) is 10.2 Å². The van der Waals surface area contributed by atoms with E-state index in [9.17, 15) is 18.8 Å². The Morgan fingerprint density at radius 2 is 2.03 bits per heavy atom. The molecule has 1 aliphatic heterocycles. The summed E-state index contributed by atoms with van der Waals surface area (Å²) in [7, 11) is 0. The topological polar surface area (TPSA) is 104 Å². The molecule has 1 N–H and O–H groups in total. The lowest BCUT2D eigenvalue weighted by Crippen LogP contribution is -2.38. The van der Waals surface area contributed by atoms with Gasteiger partial charge in [-0.2, -0.15) is 5.11 Å². The molecule has 0 saturated heterocycles. The van der Waals surface area contributed by atoms with Gasteiger partial charge in [0.15, 0.2) is 0 Å². The molecular formula is C26H28FN5O3. The first-order chi connectivity index (χ1) is 17.0. The number of azo groups is 1. The van der Waals surface area contributed by atoms with Crippen LogP contribution in [0.3, 0.4) is 0 Å². The molecule has 1 aromatic carbocycles. The number of carbonyl (C=O) groups excluding carboxylic acids is 3. The van der Waals surface area contributed by atoms with Gasteiger partial charge in [-0.25, -0.2) is 4.39 Å². The molecule has 0 radical (unpaired) electrons. The predicted molar refractivity (Wildman–Crippen MR) is 127 cm³/mol. The second-order valence-corrected chi connectivity index (χ2v) is 8.65. The van der Waals surface area contributed by atoms with Gasteiger partial charge in [0, 0.05) is 44.0 Å². The Labute approximate surface area is 203 Å². The number of likely N-dealkylation sites (N-methyl/N-ethyl adjacent to an activating group) is 1. The zero-order valence-electron chi connectivity index (χ0n) is 19.7. The number of rotatable bonds is 8. The van der Waals surface area contributed by atoms with Gasteiger partial charge in [-0.05, 0) is 68.0 Å². The Hall–Kier alpha value is -3.75. The van der Waals surface area contributed by atoms with E-state index in [4.69, 9.17) is 0 Å². The molecule has 1 aromatic heterocycles. The standard InChI is InChI=1S/C26H28FN5O3/c1-2-32(13-12-29-24(33)18-6-5-11-28-16-18)26(35)21-14-17(9-10-22(21)27)15-23-19-7-3-4-8-20(19)25(34)31-30-23/h5-6,9-11,14,16,23H,2-4,7-8,12-13,15H2,1H3,(H,29,33). The molecule has 1 aliphatic carbocycles. The molecule has 2 heterocycles. The highest BCUT2D eigenvalue weighted by atomic mass is 19.1. The number of nitrogens with zero attached hydrogens (tertiary/aromatic N) is 4. The van der Waals surface area contributed by atoms with Crippen LogP contribution in [0, 0.1) is 5.82 Å². The van der Waals surface area contributed by atoms with Crippen molar-refractivity contribution in [1.82, 2.24) is 15.2 Å². The highest BCUT2D eigenvalue weighted by Gasteiger charge is 2.29. The lowest BCUT2D eigenvalue weighted by Gasteiger charge is -2.26. The summed E-state index contributed by atoms with van der Waals surface area (Å²) >= 11 is 0. The summed E-state index contributed by atoms with van der Waals surface area (Å²) in [6.45, 7) is 2.63. The van der Waals surface area contributed by atoms with Crippen LogP contribution in [0.4, 0.5) is 4.39 Å². The highest BCUT2D eigenvalue weighted by molar-refractivity contribution is 5.96. The van der Waals surface area contributed by atoms with E-state index in [1.165, 1.54) is 17.2 Å². The number of carbonyl (C=O) groups is 3. The van der Waals surface area contributed by atoms with Crippen LogP contribution in [0.25, 0.3) is 0 Å². The van der Waals surface area contributed by atoms with Gasteiger partial charge in [-0.3, -0.25) is 19.4 Å². The number of amides is 3. The number of benzene rings is 1. The Balaban J connectivity index is 1.43. The fourth-order valence-corrected chi connectivity index (χ4v) is 4.52. The van der Waals surface area contributed by atoms with Crippen molar-refractivity contribution in [3.05, 3.63) is 76.4 Å². The first-order valence-corrected chi connectivity index (χ1v) is 11.9. The second kappa shape index (κ2) is 11.1. The third-order valence-corrected chi connectivity index (χ3v) is 6.41. The Bertz CT molecular complexity index is 1180. The van der Waals surface area contributed by atoms with Crippen molar-refractivity contribution in [2.45, 2.75) is 45.1 Å². The molecule has 0 bridgehead atoms. The molecule has 0 saturated carbocycles. The van der Waals surface area contributed by atoms with Gasteiger partial charge in [0.05, 0.1) is 17.2 Å². The third kappa shape index (κ3) is 5.67. The number of hydrogen-bond donors (Lipinski definition) is 1. The van der Waals surface area contributed by atoms with Gasteiger partial charge in [0.2, 0.25) is 0 Å². The lowest BCUT2D eigenvalue weighted by molar-refractivity contribution is -0.115. The van der Waals surface area contributed by atoms with E-state index < -0.39 is 11.7 Å². The maximum absolute atomic E-state index is 14.7. The number of pyridine rings is 1. The largest absolute Gasteiger partial charge is 0.350 e. The summed E-state index contributed by atoms with van der Waals surface area (Å²) in [5.41, 5.74) is 2.95. The minimum atomic E-state index is -0.602. The molecule has 4 rings (SSSR count). The molecule has 1 atom stereocenters. The zero-order valence-corrected chi connectivity index (χ0v) is 19.7. The van der Waals surface area contributed by atoms with Crippen LogP contribution in [-0.2, 0) is 11.2 Å². The molecule has 35 heavy (non-hydrogen) atoms. The fraction of sp³-hybridized carbons (Fsp3) is 0.385. The van der Waals surface area contributed by atoms with Crippen molar-refractivity contribution in [1.29, 1.82) is 0 Å². The first-order valence-electron chi connectivity index (χ1n) is 11.9. The minimum absolute atomic E-state index is 0.0235. The Morgan fingerprint density at radius 3 is 2.80 bits per heavy atom. The summed E-state index contributed by atoms with van der Waals surface area (Å²) < 4.78 is 14.7. The lowest BCUT2D eigenvalue weighted by atomic mass is 9.84. The fourth-order valence-electron chi connectivity index (χ4n) is 4.52. The van der Waals surface area contributed by atoms with E-state index in [0.717, 1.165) is 42.4 Å².